The summed E-state index contributed by atoms with van der Waals surface area (Å²) in [5.41, 5.74) is 0.980. The third kappa shape index (κ3) is 4.49. The van der Waals surface area contributed by atoms with Crippen molar-refractivity contribution in [3.63, 3.8) is 0 Å². The standard InChI is InChI=1S/C12H15IO3/c1-8(2)16-11(12(14)15)7-9-3-5-10(13)6-4-9/h3-6,8,11H,7H2,1-2H3,(H,14,15). The SMILES string of the molecule is CC(C)OC(Cc1ccc(I)cc1)C(=O)O. The van der Waals surface area contributed by atoms with Crippen molar-refractivity contribution in [3.8, 4) is 0 Å². The number of carboxylic acid groups (broad SMARTS) is 1. The summed E-state index contributed by atoms with van der Waals surface area (Å²) in [5.74, 6) is -0.910. The van der Waals surface area contributed by atoms with Crippen molar-refractivity contribution < 1.29 is 14.6 Å². The number of aliphatic carboxylic acids is 1. The number of rotatable bonds is 5. The highest BCUT2D eigenvalue weighted by Crippen LogP contribution is 2.11. The van der Waals surface area contributed by atoms with Gasteiger partial charge in [-0.1, -0.05) is 12.1 Å². The Kier molecular flexibility index (Phi) is 5.21. The summed E-state index contributed by atoms with van der Waals surface area (Å²) in [6.45, 7) is 3.67. The Morgan fingerprint density at radius 2 is 1.94 bits per heavy atom. The van der Waals surface area contributed by atoms with Gasteiger partial charge in [-0.15, -0.1) is 0 Å². The molecule has 0 spiro atoms. The Balaban J connectivity index is 2.68. The van der Waals surface area contributed by atoms with Gasteiger partial charge in [-0.05, 0) is 54.1 Å². The minimum absolute atomic E-state index is 0.0788. The fourth-order valence-electron chi connectivity index (χ4n) is 1.36. The molecular weight excluding hydrogens is 319 g/mol. The molecule has 3 nitrogen and oxygen atoms in total. The Labute approximate surface area is 109 Å². The molecule has 0 radical (unpaired) electrons. The molecular formula is C12H15IO3. The van der Waals surface area contributed by atoms with Gasteiger partial charge in [0.2, 0.25) is 0 Å². The van der Waals surface area contributed by atoms with Gasteiger partial charge >= 0.3 is 5.97 Å². The van der Waals surface area contributed by atoms with Crippen LogP contribution >= 0.6 is 22.6 Å². The summed E-state index contributed by atoms with van der Waals surface area (Å²) < 4.78 is 6.48. The van der Waals surface area contributed by atoms with Crippen LogP contribution in [0.15, 0.2) is 24.3 Å². The molecule has 1 aromatic carbocycles. The lowest BCUT2D eigenvalue weighted by Gasteiger charge is -2.16. The molecule has 1 N–H and O–H groups in total. The molecule has 0 heterocycles. The summed E-state index contributed by atoms with van der Waals surface area (Å²) in [4.78, 5) is 11.0. The van der Waals surface area contributed by atoms with Crippen LogP contribution in [0.2, 0.25) is 0 Å². The van der Waals surface area contributed by atoms with Crippen LogP contribution in [0.3, 0.4) is 0 Å². The van der Waals surface area contributed by atoms with Crippen LogP contribution < -0.4 is 0 Å². The smallest absolute Gasteiger partial charge is 0.333 e. The van der Waals surface area contributed by atoms with Crippen LogP contribution in [0.5, 0.6) is 0 Å². The van der Waals surface area contributed by atoms with Gasteiger partial charge in [-0.3, -0.25) is 0 Å². The largest absolute Gasteiger partial charge is 0.479 e. The van der Waals surface area contributed by atoms with E-state index in [2.05, 4.69) is 22.6 Å². The van der Waals surface area contributed by atoms with Crippen molar-refractivity contribution in [1.29, 1.82) is 0 Å². The summed E-state index contributed by atoms with van der Waals surface area (Å²) in [6.07, 6.45) is -0.435. The van der Waals surface area contributed by atoms with Crippen LogP contribution in [-0.4, -0.2) is 23.3 Å². The molecule has 0 amide bonds. The van der Waals surface area contributed by atoms with Gasteiger partial charge in [0.25, 0.3) is 0 Å². The lowest BCUT2D eigenvalue weighted by molar-refractivity contribution is -0.153. The number of benzene rings is 1. The van der Waals surface area contributed by atoms with E-state index in [-0.39, 0.29) is 6.10 Å². The van der Waals surface area contributed by atoms with Crippen molar-refractivity contribution in [2.75, 3.05) is 0 Å². The summed E-state index contributed by atoms with van der Waals surface area (Å²) >= 11 is 2.22. The molecule has 1 rings (SSSR count). The topological polar surface area (TPSA) is 46.5 Å². The van der Waals surface area contributed by atoms with Gasteiger partial charge in [-0.2, -0.15) is 0 Å². The maximum atomic E-state index is 11.0. The quantitative estimate of drug-likeness (QED) is 0.843. The predicted octanol–water partition coefficient (Wildman–Crippen LogP) is 2.71. The molecule has 0 aliphatic carbocycles. The van der Waals surface area contributed by atoms with Crippen molar-refractivity contribution in [2.24, 2.45) is 0 Å². The number of carbonyl (C=O) groups is 1. The number of hydrogen-bond acceptors (Lipinski definition) is 2. The number of hydrogen-bond donors (Lipinski definition) is 1. The van der Waals surface area contributed by atoms with Gasteiger partial charge in [0.15, 0.2) is 6.10 Å². The van der Waals surface area contributed by atoms with Gasteiger partial charge in [-0.25, -0.2) is 4.79 Å². The van der Waals surface area contributed by atoms with E-state index < -0.39 is 12.1 Å². The second-order valence-corrected chi connectivity index (χ2v) is 5.09. The van der Waals surface area contributed by atoms with E-state index in [4.69, 9.17) is 9.84 Å². The summed E-state index contributed by atoms with van der Waals surface area (Å²) in [6, 6.07) is 7.79. The lowest BCUT2D eigenvalue weighted by Crippen LogP contribution is -2.29. The Morgan fingerprint density at radius 1 is 1.38 bits per heavy atom. The maximum Gasteiger partial charge on any atom is 0.333 e. The van der Waals surface area contributed by atoms with Gasteiger partial charge in [0, 0.05) is 9.99 Å². The van der Waals surface area contributed by atoms with Crippen LogP contribution in [-0.2, 0) is 16.0 Å². The van der Waals surface area contributed by atoms with E-state index in [1.807, 2.05) is 38.1 Å². The van der Waals surface area contributed by atoms with E-state index in [0.29, 0.717) is 6.42 Å². The molecule has 0 aromatic heterocycles. The van der Waals surface area contributed by atoms with Crippen LogP contribution in [0, 0.1) is 3.57 Å². The molecule has 0 saturated carbocycles. The second-order valence-electron chi connectivity index (χ2n) is 3.84. The van der Waals surface area contributed by atoms with Gasteiger partial charge in [0.1, 0.15) is 0 Å². The molecule has 16 heavy (non-hydrogen) atoms. The highest BCUT2D eigenvalue weighted by Gasteiger charge is 2.19. The first-order chi connectivity index (χ1) is 7.49. The molecule has 1 aromatic rings. The molecule has 88 valence electrons. The molecule has 0 aliphatic rings. The second kappa shape index (κ2) is 6.20. The normalized spacial score (nSPS) is 12.8. The molecule has 0 fully saturated rings. The number of carboxylic acids is 1. The Hall–Kier alpha value is -0.620. The average Bonchev–Trinajstić information content (AvgIpc) is 2.19. The average molecular weight is 334 g/mol. The fourth-order valence-corrected chi connectivity index (χ4v) is 1.72. The Bertz CT molecular complexity index is 346. The van der Waals surface area contributed by atoms with Crippen molar-refractivity contribution >= 4 is 28.6 Å². The van der Waals surface area contributed by atoms with Crippen LogP contribution in [0.4, 0.5) is 0 Å². The van der Waals surface area contributed by atoms with E-state index in [0.717, 1.165) is 9.13 Å². The van der Waals surface area contributed by atoms with Crippen molar-refractivity contribution in [2.45, 2.75) is 32.5 Å². The molecule has 0 bridgehead atoms. The first-order valence-electron chi connectivity index (χ1n) is 5.11. The van der Waals surface area contributed by atoms with E-state index in [1.54, 1.807) is 0 Å². The first-order valence-corrected chi connectivity index (χ1v) is 6.19. The summed E-state index contributed by atoms with van der Waals surface area (Å²) in [5, 5.41) is 9.01. The molecule has 0 saturated heterocycles. The summed E-state index contributed by atoms with van der Waals surface area (Å²) in [7, 11) is 0. The molecule has 1 unspecified atom stereocenters. The van der Waals surface area contributed by atoms with E-state index in [9.17, 15) is 4.79 Å². The molecule has 4 heteroatoms. The van der Waals surface area contributed by atoms with Crippen LogP contribution in [0.25, 0.3) is 0 Å². The zero-order chi connectivity index (χ0) is 12.1. The molecule has 1 atom stereocenters. The maximum absolute atomic E-state index is 11.0. The third-order valence-electron chi connectivity index (χ3n) is 2.05. The van der Waals surface area contributed by atoms with Crippen LogP contribution in [0.1, 0.15) is 19.4 Å². The monoisotopic (exact) mass is 334 g/mol. The fraction of sp³-hybridized carbons (Fsp3) is 0.417. The van der Waals surface area contributed by atoms with Crippen molar-refractivity contribution in [1.82, 2.24) is 0 Å². The minimum atomic E-state index is -0.910. The van der Waals surface area contributed by atoms with Crippen molar-refractivity contribution in [3.05, 3.63) is 33.4 Å². The highest BCUT2D eigenvalue weighted by atomic mass is 127. The Morgan fingerprint density at radius 3 is 2.38 bits per heavy atom. The number of ether oxygens (including phenoxy) is 1. The zero-order valence-corrected chi connectivity index (χ0v) is 11.5. The first kappa shape index (κ1) is 13.4. The zero-order valence-electron chi connectivity index (χ0n) is 9.31. The highest BCUT2D eigenvalue weighted by molar-refractivity contribution is 14.1. The van der Waals surface area contributed by atoms with Gasteiger partial charge < -0.3 is 9.84 Å². The molecule has 0 aliphatic heterocycles. The van der Waals surface area contributed by atoms with E-state index >= 15 is 0 Å². The van der Waals surface area contributed by atoms with E-state index in [1.165, 1.54) is 0 Å². The van der Waals surface area contributed by atoms with Gasteiger partial charge in [0.05, 0.1) is 6.10 Å². The lowest BCUT2D eigenvalue weighted by atomic mass is 10.1. The third-order valence-corrected chi connectivity index (χ3v) is 2.77. The minimum Gasteiger partial charge on any atom is -0.479 e. The predicted molar refractivity (Wildman–Crippen MR) is 70.5 cm³/mol. The number of halogens is 1.